The van der Waals surface area contributed by atoms with E-state index in [2.05, 4.69) is 36.4 Å². The van der Waals surface area contributed by atoms with Crippen LogP contribution in [-0.4, -0.2) is 30.1 Å². The summed E-state index contributed by atoms with van der Waals surface area (Å²) in [6.45, 7) is 0. The Morgan fingerprint density at radius 2 is 0.672 bits per heavy atom. The summed E-state index contributed by atoms with van der Waals surface area (Å²) in [7, 11) is 0. The molecular formula is C48H26N4O2S4. The third-order valence-corrected chi connectivity index (χ3v) is 14.9. The first-order chi connectivity index (χ1) is 28.5. The molecule has 0 atom stereocenters. The van der Waals surface area contributed by atoms with Gasteiger partial charge in [-0.2, -0.15) is 0 Å². The van der Waals surface area contributed by atoms with Crippen molar-refractivity contribution in [2.24, 2.45) is 0 Å². The number of rotatable bonds is 5. The van der Waals surface area contributed by atoms with Crippen molar-refractivity contribution in [2.75, 3.05) is 0 Å². The van der Waals surface area contributed by atoms with E-state index in [0.717, 1.165) is 83.6 Å². The highest BCUT2D eigenvalue weighted by atomic mass is 32.1. The van der Waals surface area contributed by atoms with Gasteiger partial charge in [0.05, 0.1) is 52.0 Å². The van der Waals surface area contributed by atoms with Gasteiger partial charge in [-0.25, -0.2) is 19.9 Å². The van der Waals surface area contributed by atoms with Crippen molar-refractivity contribution in [1.82, 2.24) is 19.9 Å². The predicted octanol–water partition coefficient (Wildman–Crippen LogP) is 14.2. The van der Waals surface area contributed by atoms with E-state index in [1.165, 1.54) is 22.7 Å². The molecule has 6 nitrogen and oxygen atoms in total. The Morgan fingerprint density at radius 1 is 0.345 bits per heavy atom. The third-order valence-electron chi connectivity index (χ3n) is 10.6. The number of phenolic OH excluding ortho intramolecular Hbond substituents is 2. The standard InChI is InChI=1S/C48H26N4O2S4/c53-43-31(47-51-35-11-3-7-15-39(35)57-47)23-27-21-25(45-49-33-9-1-5-13-37(33)55-45)17-19-29(27)41(43)42-30-20-18-26(46-50-34-10-2-6-14-38(34)56-46)22-28(30)24-32(44(42)54)48-52-36-12-4-8-16-40(36)58-48/h1-24,53-54H. The molecule has 0 spiro atoms. The average Bonchev–Trinajstić information content (AvgIpc) is 4.07. The lowest BCUT2D eigenvalue weighted by Gasteiger charge is -2.19. The summed E-state index contributed by atoms with van der Waals surface area (Å²) >= 11 is 6.37. The lowest BCUT2D eigenvalue weighted by molar-refractivity contribution is 0.472. The number of hydrogen-bond acceptors (Lipinski definition) is 10. The van der Waals surface area contributed by atoms with E-state index in [-0.39, 0.29) is 11.5 Å². The number of para-hydroxylation sites is 4. The molecule has 8 aromatic carbocycles. The van der Waals surface area contributed by atoms with Crippen LogP contribution in [0.5, 0.6) is 11.5 Å². The zero-order valence-corrected chi connectivity index (χ0v) is 33.4. The SMILES string of the molecule is Oc1c(-c2nc3ccccc3s2)cc2cc(-c3nc4ccccc4s3)ccc2c1-c1c(O)c(-c2nc3ccccc3s2)cc2cc(-c3nc4ccccc4s3)ccc12. The third kappa shape index (κ3) is 5.34. The molecule has 0 unspecified atom stereocenters. The minimum absolute atomic E-state index is 0.0487. The van der Waals surface area contributed by atoms with Crippen LogP contribution in [0.1, 0.15) is 0 Å². The van der Waals surface area contributed by atoms with Gasteiger partial charge in [0.15, 0.2) is 0 Å². The molecule has 0 aliphatic heterocycles. The van der Waals surface area contributed by atoms with Gasteiger partial charge in [0, 0.05) is 22.3 Å². The molecule has 0 saturated heterocycles. The summed E-state index contributed by atoms with van der Waals surface area (Å²) in [5, 5.41) is 32.0. The number of aromatic hydroxyl groups is 2. The van der Waals surface area contributed by atoms with Gasteiger partial charge in [0.25, 0.3) is 0 Å². The quantitative estimate of drug-likeness (QED) is 0.180. The summed E-state index contributed by atoms with van der Waals surface area (Å²) in [5.74, 6) is 0.0974. The topological polar surface area (TPSA) is 92.0 Å². The molecule has 12 aromatic rings. The van der Waals surface area contributed by atoms with Crippen LogP contribution in [-0.2, 0) is 0 Å². The first-order valence-corrected chi connectivity index (χ1v) is 21.8. The fourth-order valence-corrected chi connectivity index (χ4v) is 11.7. The zero-order valence-electron chi connectivity index (χ0n) is 30.2. The van der Waals surface area contributed by atoms with Gasteiger partial charge in [0.1, 0.15) is 31.5 Å². The van der Waals surface area contributed by atoms with E-state index in [9.17, 15) is 10.2 Å². The van der Waals surface area contributed by atoms with E-state index in [0.29, 0.717) is 32.3 Å². The normalized spacial score (nSPS) is 11.9. The van der Waals surface area contributed by atoms with Crippen LogP contribution in [0, 0.1) is 0 Å². The second kappa shape index (κ2) is 13.0. The zero-order chi connectivity index (χ0) is 38.5. The summed E-state index contributed by atoms with van der Waals surface area (Å²) in [6.07, 6.45) is 0. The van der Waals surface area contributed by atoms with E-state index in [1.54, 1.807) is 22.7 Å². The monoisotopic (exact) mass is 818 g/mol. The Balaban J connectivity index is 1.16. The van der Waals surface area contributed by atoms with Crippen LogP contribution in [0.25, 0.3) is 116 Å². The molecule has 274 valence electrons. The molecule has 0 aliphatic carbocycles. The summed E-state index contributed by atoms with van der Waals surface area (Å²) in [4.78, 5) is 19.9. The van der Waals surface area contributed by atoms with Gasteiger partial charge in [-0.3, -0.25) is 0 Å². The number of aromatic nitrogens is 4. The van der Waals surface area contributed by atoms with Gasteiger partial charge in [-0.1, -0.05) is 72.8 Å². The minimum atomic E-state index is 0.0487. The van der Waals surface area contributed by atoms with Gasteiger partial charge in [-0.15, -0.1) is 45.3 Å². The molecule has 10 heteroatoms. The van der Waals surface area contributed by atoms with Gasteiger partial charge >= 0.3 is 0 Å². The maximum atomic E-state index is 12.7. The Morgan fingerprint density at radius 3 is 1.03 bits per heavy atom. The van der Waals surface area contributed by atoms with Crippen LogP contribution >= 0.6 is 45.3 Å². The highest BCUT2D eigenvalue weighted by Gasteiger charge is 2.26. The van der Waals surface area contributed by atoms with Crippen molar-refractivity contribution < 1.29 is 10.2 Å². The first-order valence-electron chi connectivity index (χ1n) is 18.6. The number of thiazole rings is 4. The molecule has 58 heavy (non-hydrogen) atoms. The number of benzene rings is 8. The van der Waals surface area contributed by atoms with Crippen LogP contribution in [0.4, 0.5) is 0 Å². The molecule has 0 saturated carbocycles. The average molecular weight is 819 g/mol. The highest BCUT2D eigenvalue weighted by Crippen LogP contribution is 2.53. The van der Waals surface area contributed by atoms with E-state index < -0.39 is 0 Å². The number of phenols is 2. The summed E-state index contributed by atoms with van der Waals surface area (Å²) in [6, 6.07) is 48.9. The maximum absolute atomic E-state index is 12.7. The van der Waals surface area contributed by atoms with Crippen molar-refractivity contribution in [3.05, 3.63) is 146 Å². The summed E-state index contributed by atoms with van der Waals surface area (Å²) in [5.41, 5.74) is 7.82. The smallest absolute Gasteiger partial charge is 0.134 e. The predicted molar refractivity (Wildman–Crippen MR) is 245 cm³/mol. The molecule has 2 N–H and O–H groups in total. The molecule has 0 radical (unpaired) electrons. The van der Waals surface area contributed by atoms with E-state index in [1.807, 2.05) is 109 Å². The lowest BCUT2D eigenvalue weighted by atomic mass is 9.88. The minimum Gasteiger partial charge on any atom is -0.507 e. The molecule has 4 heterocycles. The van der Waals surface area contributed by atoms with Crippen molar-refractivity contribution in [3.8, 4) is 64.9 Å². The number of nitrogens with zero attached hydrogens (tertiary/aromatic N) is 4. The second-order valence-electron chi connectivity index (χ2n) is 14.1. The van der Waals surface area contributed by atoms with Gasteiger partial charge in [0.2, 0.25) is 0 Å². The molecule has 0 fully saturated rings. The number of hydrogen-bond donors (Lipinski definition) is 2. The van der Waals surface area contributed by atoms with E-state index >= 15 is 0 Å². The van der Waals surface area contributed by atoms with Crippen LogP contribution in [0.15, 0.2) is 146 Å². The van der Waals surface area contributed by atoms with Gasteiger partial charge < -0.3 is 10.2 Å². The fraction of sp³-hybridized carbons (Fsp3) is 0. The van der Waals surface area contributed by atoms with E-state index in [4.69, 9.17) is 19.9 Å². The Kier molecular flexibility index (Phi) is 7.52. The molecular weight excluding hydrogens is 793 g/mol. The van der Waals surface area contributed by atoms with Crippen LogP contribution in [0.3, 0.4) is 0 Å². The molecule has 4 aromatic heterocycles. The van der Waals surface area contributed by atoms with Crippen molar-refractivity contribution in [2.45, 2.75) is 0 Å². The van der Waals surface area contributed by atoms with Crippen molar-refractivity contribution in [3.63, 3.8) is 0 Å². The molecule has 0 bridgehead atoms. The van der Waals surface area contributed by atoms with Crippen molar-refractivity contribution >= 4 is 108 Å². The molecule has 0 amide bonds. The van der Waals surface area contributed by atoms with Crippen molar-refractivity contribution in [1.29, 1.82) is 0 Å². The lowest BCUT2D eigenvalue weighted by Crippen LogP contribution is -1.93. The van der Waals surface area contributed by atoms with Crippen LogP contribution < -0.4 is 0 Å². The first kappa shape index (κ1) is 33.6. The summed E-state index contributed by atoms with van der Waals surface area (Å²) < 4.78 is 4.28. The highest BCUT2D eigenvalue weighted by molar-refractivity contribution is 7.22. The number of fused-ring (bicyclic) bond motifs is 6. The largest absolute Gasteiger partial charge is 0.507 e. The second-order valence-corrected chi connectivity index (χ2v) is 18.2. The maximum Gasteiger partial charge on any atom is 0.134 e. The molecule has 12 rings (SSSR count). The fourth-order valence-electron chi connectivity index (χ4n) is 7.86. The van der Waals surface area contributed by atoms with Gasteiger partial charge in [-0.05, 0) is 94.3 Å². The Hall–Kier alpha value is -6.56. The van der Waals surface area contributed by atoms with Crippen LogP contribution in [0.2, 0.25) is 0 Å². The molecule has 0 aliphatic rings. The Labute approximate surface area is 346 Å². The Bertz CT molecular complexity index is 3260.